The van der Waals surface area contributed by atoms with Crippen molar-refractivity contribution in [3.05, 3.63) is 64.5 Å². The molecule has 1 aromatic heterocycles. The average Bonchev–Trinajstić information content (AvgIpc) is 2.74. The Kier molecular flexibility index (Phi) is 3.24. The molecule has 22 heavy (non-hydrogen) atoms. The first-order chi connectivity index (χ1) is 10.3. The van der Waals surface area contributed by atoms with Gasteiger partial charge < -0.3 is 5.11 Å². The number of rotatable bonds is 1. The molecule has 1 N–H and O–H groups in total. The zero-order valence-electron chi connectivity index (χ0n) is 11.2. The Morgan fingerprint density at radius 2 is 1.95 bits per heavy atom. The number of phenols is 1. The van der Waals surface area contributed by atoms with Crippen LogP contribution in [0.1, 0.15) is 27.2 Å². The maximum absolute atomic E-state index is 12.4. The third-order valence-electron chi connectivity index (χ3n) is 3.42. The van der Waals surface area contributed by atoms with Crippen molar-refractivity contribution in [3.8, 4) is 5.75 Å². The lowest BCUT2D eigenvalue weighted by atomic mass is 10.1. The number of carbonyl (C=O) groups excluding carboxylic acids is 1. The summed E-state index contributed by atoms with van der Waals surface area (Å²) in [4.78, 5) is 15.5. The number of benzene rings is 1. The number of nitrogens with zero attached hydrogens (tertiary/aromatic N) is 1. The number of halogens is 3. The number of allylic oxidation sites excluding steroid dienone is 1. The molecule has 0 saturated carbocycles. The maximum Gasteiger partial charge on any atom is 0.433 e. The molecule has 0 aliphatic heterocycles. The lowest BCUT2D eigenvalue weighted by molar-refractivity contribution is -0.141. The van der Waals surface area contributed by atoms with E-state index in [4.69, 9.17) is 0 Å². The van der Waals surface area contributed by atoms with Crippen molar-refractivity contribution in [2.45, 2.75) is 12.6 Å². The molecule has 0 amide bonds. The van der Waals surface area contributed by atoms with Crippen LogP contribution < -0.4 is 0 Å². The van der Waals surface area contributed by atoms with Crippen LogP contribution in [0.4, 0.5) is 13.2 Å². The Morgan fingerprint density at radius 3 is 2.59 bits per heavy atom. The van der Waals surface area contributed by atoms with Gasteiger partial charge in [-0.05, 0) is 41.5 Å². The van der Waals surface area contributed by atoms with Crippen molar-refractivity contribution in [1.29, 1.82) is 0 Å². The zero-order valence-corrected chi connectivity index (χ0v) is 11.2. The molecule has 0 atom stereocenters. The first-order valence-electron chi connectivity index (χ1n) is 6.45. The quantitative estimate of drug-likeness (QED) is 0.819. The van der Waals surface area contributed by atoms with Crippen LogP contribution in [-0.2, 0) is 12.6 Å². The van der Waals surface area contributed by atoms with E-state index in [2.05, 4.69) is 4.98 Å². The van der Waals surface area contributed by atoms with E-state index in [1.165, 1.54) is 24.3 Å². The summed E-state index contributed by atoms with van der Waals surface area (Å²) in [5.41, 5.74) is 1.12. The first kappa shape index (κ1) is 14.3. The van der Waals surface area contributed by atoms with E-state index in [0.717, 1.165) is 12.3 Å². The van der Waals surface area contributed by atoms with Gasteiger partial charge in [0.1, 0.15) is 11.4 Å². The lowest BCUT2D eigenvalue weighted by Crippen LogP contribution is -2.07. The number of pyridine rings is 1. The van der Waals surface area contributed by atoms with Crippen LogP contribution in [0.2, 0.25) is 0 Å². The number of carbonyl (C=O) groups is 1. The van der Waals surface area contributed by atoms with Gasteiger partial charge in [-0.2, -0.15) is 13.2 Å². The van der Waals surface area contributed by atoms with Gasteiger partial charge in [0.2, 0.25) is 0 Å². The monoisotopic (exact) mass is 305 g/mol. The second-order valence-electron chi connectivity index (χ2n) is 4.99. The van der Waals surface area contributed by atoms with Crippen LogP contribution in [-0.4, -0.2) is 15.9 Å². The average molecular weight is 305 g/mol. The van der Waals surface area contributed by atoms with E-state index in [9.17, 15) is 23.1 Å². The Bertz CT molecular complexity index is 777. The van der Waals surface area contributed by atoms with Crippen molar-refractivity contribution in [1.82, 2.24) is 4.98 Å². The summed E-state index contributed by atoms with van der Waals surface area (Å²) in [7, 11) is 0. The number of aromatic hydroxyl groups is 1. The van der Waals surface area contributed by atoms with Crippen LogP contribution in [0, 0.1) is 0 Å². The van der Waals surface area contributed by atoms with E-state index in [1.807, 2.05) is 0 Å². The zero-order chi connectivity index (χ0) is 15.9. The third-order valence-corrected chi connectivity index (χ3v) is 3.42. The molecule has 0 spiro atoms. The van der Waals surface area contributed by atoms with Crippen molar-refractivity contribution in [2.75, 3.05) is 0 Å². The molecular formula is C16H10F3NO2. The fraction of sp³-hybridized carbons (Fsp3) is 0.125. The molecule has 2 aromatic rings. The third kappa shape index (κ3) is 2.59. The van der Waals surface area contributed by atoms with Crippen LogP contribution in [0.25, 0.3) is 6.08 Å². The van der Waals surface area contributed by atoms with E-state index >= 15 is 0 Å². The number of hydrogen-bond donors (Lipinski definition) is 1. The highest BCUT2D eigenvalue weighted by atomic mass is 19.4. The normalized spacial score (nSPS) is 16.1. The Hall–Kier alpha value is -2.63. The van der Waals surface area contributed by atoms with Crippen LogP contribution >= 0.6 is 0 Å². The SMILES string of the molecule is O=C1C(=Cc2ccc(C(F)(F)F)nc2)Cc2cc(O)ccc21. The van der Waals surface area contributed by atoms with Gasteiger partial charge in [-0.3, -0.25) is 9.78 Å². The van der Waals surface area contributed by atoms with E-state index in [-0.39, 0.29) is 11.5 Å². The molecule has 1 aliphatic rings. The van der Waals surface area contributed by atoms with Crippen molar-refractivity contribution in [3.63, 3.8) is 0 Å². The summed E-state index contributed by atoms with van der Waals surface area (Å²) in [5, 5.41) is 9.42. The van der Waals surface area contributed by atoms with Gasteiger partial charge in [-0.15, -0.1) is 0 Å². The fourth-order valence-electron chi connectivity index (χ4n) is 2.38. The molecule has 1 aliphatic carbocycles. The van der Waals surface area contributed by atoms with Gasteiger partial charge in [0.05, 0.1) is 0 Å². The van der Waals surface area contributed by atoms with Gasteiger partial charge in [-0.1, -0.05) is 6.07 Å². The molecule has 1 heterocycles. The number of hydrogen-bond acceptors (Lipinski definition) is 3. The summed E-state index contributed by atoms with van der Waals surface area (Å²) in [6.07, 6.45) is -1.54. The topological polar surface area (TPSA) is 50.2 Å². The standard InChI is InChI=1S/C16H10F3NO2/c17-16(18,19)14-4-1-9(8-20-14)5-11-6-10-7-12(21)2-3-13(10)15(11)22/h1-5,7-8,21H,6H2. The molecule has 0 fully saturated rings. The molecular weight excluding hydrogens is 295 g/mol. The molecule has 1 aromatic carbocycles. The minimum absolute atomic E-state index is 0.0731. The van der Waals surface area contributed by atoms with Crippen molar-refractivity contribution >= 4 is 11.9 Å². The molecule has 6 heteroatoms. The van der Waals surface area contributed by atoms with Crippen molar-refractivity contribution < 1.29 is 23.1 Å². The maximum atomic E-state index is 12.4. The molecule has 0 radical (unpaired) electrons. The summed E-state index contributed by atoms with van der Waals surface area (Å²) in [6.45, 7) is 0. The van der Waals surface area contributed by atoms with Gasteiger partial charge in [0.25, 0.3) is 0 Å². The number of Topliss-reactive ketones (excluding diaryl/α,β-unsaturated/α-hetero) is 1. The smallest absolute Gasteiger partial charge is 0.433 e. The highest BCUT2D eigenvalue weighted by Crippen LogP contribution is 2.31. The Morgan fingerprint density at radius 1 is 1.18 bits per heavy atom. The fourth-order valence-corrected chi connectivity index (χ4v) is 2.38. The summed E-state index contributed by atoms with van der Waals surface area (Å²) < 4.78 is 37.3. The molecule has 0 bridgehead atoms. The van der Waals surface area contributed by atoms with E-state index in [1.54, 1.807) is 6.07 Å². The Balaban J connectivity index is 1.90. The van der Waals surface area contributed by atoms with Gasteiger partial charge >= 0.3 is 6.18 Å². The first-order valence-corrected chi connectivity index (χ1v) is 6.45. The predicted molar refractivity (Wildman–Crippen MR) is 73.4 cm³/mol. The summed E-state index contributed by atoms with van der Waals surface area (Å²) >= 11 is 0. The summed E-state index contributed by atoms with van der Waals surface area (Å²) in [5.74, 6) is -0.112. The van der Waals surface area contributed by atoms with Gasteiger partial charge in [0.15, 0.2) is 5.78 Å². The second-order valence-corrected chi connectivity index (χ2v) is 4.99. The van der Waals surface area contributed by atoms with E-state index in [0.29, 0.717) is 28.7 Å². The number of phenolic OH excluding ortho intramolecular Hbond substituents is 1. The molecule has 3 rings (SSSR count). The lowest BCUT2D eigenvalue weighted by Gasteiger charge is -2.05. The Labute approximate surface area is 123 Å². The number of fused-ring (bicyclic) bond motifs is 1. The highest BCUT2D eigenvalue weighted by Gasteiger charge is 2.32. The molecule has 3 nitrogen and oxygen atoms in total. The minimum atomic E-state index is -4.48. The molecule has 0 unspecified atom stereocenters. The van der Waals surface area contributed by atoms with Gasteiger partial charge in [-0.25, -0.2) is 0 Å². The molecule has 112 valence electrons. The number of alkyl halides is 3. The predicted octanol–water partition coefficient (Wildman–Crippen LogP) is 3.63. The highest BCUT2D eigenvalue weighted by molar-refractivity contribution is 6.15. The summed E-state index contributed by atoms with van der Waals surface area (Å²) in [6, 6.07) is 6.64. The second kappa shape index (κ2) is 4.98. The van der Waals surface area contributed by atoms with Crippen LogP contribution in [0.3, 0.4) is 0 Å². The number of aromatic nitrogens is 1. The van der Waals surface area contributed by atoms with Gasteiger partial charge in [0, 0.05) is 23.8 Å². The van der Waals surface area contributed by atoms with Crippen molar-refractivity contribution in [2.24, 2.45) is 0 Å². The minimum Gasteiger partial charge on any atom is -0.508 e. The van der Waals surface area contributed by atoms with Crippen LogP contribution in [0.5, 0.6) is 5.75 Å². The van der Waals surface area contributed by atoms with Crippen LogP contribution in [0.15, 0.2) is 42.1 Å². The van der Waals surface area contributed by atoms with E-state index < -0.39 is 11.9 Å². The molecule has 0 saturated heterocycles. The number of ketones is 1. The largest absolute Gasteiger partial charge is 0.508 e.